The van der Waals surface area contributed by atoms with E-state index in [2.05, 4.69) is 24.5 Å². The lowest BCUT2D eigenvalue weighted by Crippen LogP contribution is -2.20. The molecular formula is C12H24N2S4. The normalized spacial score (nSPS) is 10.1. The molecule has 0 rings (SSSR count). The van der Waals surface area contributed by atoms with Gasteiger partial charge in [0.1, 0.15) is 8.64 Å². The van der Waals surface area contributed by atoms with Gasteiger partial charge in [0.15, 0.2) is 0 Å². The molecule has 6 heteroatoms. The Morgan fingerprint density at radius 2 is 1.17 bits per heavy atom. The van der Waals surface area contributed by atoms with Gasteiger partial charge in [0, 0.05) is 13.1 Å². The molecule has 0 spiro atoms. The van der Waals surface area contributed by atoms with Crippen LogP contribution in [0.2, 0.25) is 0 Å². The number of rotatable bonds is 9. The van der Waals surface area contributed by atoms with E-state index in [1.807, 2.05) is 0 Å². The molecular weight excluding hydrogens is 300 g/mol. The highest BCUT2D eigenvalue weighted by Crippen LogP contribution is 2.03. The van der Waals surface area contributed by atoms with Crippen LogP contribution in [0.15, 0.2) is 0 Å². The van der Waals surface area contributed by atoms with Gasteiger partial charge in [-0.1, -0.05) is 74.6 Å². The molecule has 0 radical (unpaired) electrons. The number of nitrogens with one attached hydrogen (secondary N) is 2. The van der Waals surface area contributed by atoms with Crippen molar-refractivity contribution in [2.75, 3.05) is 24.6 Å². The van der Waals surface area contributed by atoms with E-state index in [4.69, 9.17) is 24.4 Å². The monoisotopic (exact) mass is 324 g/mol. The van der Waals surface area contributed by atoms with Crippen LogP contribution in [0.4, 0.5) is 0 Å². The molecule has 2 N–H and O–H groups in total. The molecule has 18 heavy (non-hydrogen) atoms. The summed E-state index contributed by atoms with van der Waals surface area (Å²) in [6, 6.07) is 0. The second-order valence-corrected chi connectivity index (χ2v) is 7.59. The Kier molecular flexibility index (Phi) is 14.3. The van der Waals surface area contributed by atoms with Crippen molar-refractivity contribution in [2.45, 2.75) is 39.5 Å². The zero-order valence-electron chi connectivity index (χ0n) is 11.3. The van der Waals surface area contributed by atoms with Gasteiger partial charge in [0.2, 0.25) is 0 Å². The summed E-state index contributed by atoms with van der Waals surface area (Å²) in [6.07, 6.45) is 4.89. The highest BCUT2D eigenvalue weighted by molar-refractivity contribution is 8.23. The quantitative estimate of drug-likeness (QED) is 0.494. The number of hydrogen-bond donors (Lipinski definition) is 2. The topological polar surface area (TPSA) is 24.1 Å². The predicted molar refractivity (Wildman–Crippen MR) is 95.9 cm³/mol. The van der Waals surface area contributed by atoms with Crippen LogP contribution in [-0.4, -0.2) is 33.2 Å². The lowest BCUT2D eigenvalue weighted by Gasteiger charge is -2.07. The van der Waals surface area contributed by atoms with E-state index in [-0.39, 0.29) is 0 Å². The first kappa shape index (κ1) is 18.5. The summed E-state index contributed by atoms with van der Waals surface area (Å²) in [5.41, 5.74) is 0. The molecule has 0 aromatic heterocycles. The van der Waals surface area contributed by atoms with Crippen LogP contribution in [0.25, 0.3) is 0 Å². The molecule has 0 aromatic rings. The third-order valence-electron chi connectivity index (χ3n) is 2.19. The van der Waals surface area contributed by atoms with Gasteiger partial charge in [-0.15, -0.1) is 0 Å². The van der Waals surface area contributed by atoms with Crippen LogP contribution in [-0.2, 0) is 0 Å². The fourth-order valence-corrected chi connectivity index (χ4v) is 3.19. The van der Waals surface area contributed by atoms with E-state index in [1.165, 1.54) is 25.7 Å². The summed E-state index contributed by atoms with van der Waals surface area (Å²) < 4.78 is 1.86. The van der Waals surface area contributed by atoms with Crippen LogP contribution in [0.3, 0.4) is 0 Å². The summed E-state index contributed by atoms with van der Waals surface area (Å²) >= 11 is 13.7. The Bertz CT molecular complexity index is 210. The maximum absolute atomic E-state index is 5.15. The van der Waals surface area contributed by atoms with E-state index in [1.54, 1.807) is 23.5 Å². The molecule has 106 valence electrons. The Balaban J connectivity index is 3.16. The van der Waals surface area contributed by atoms with Gasteiger partial charge in [-0.2, -0.15) is 0 Å². The second-order valence-electron chi connectivity index (χ2n) is 3.71. The largest absolute Gasteiger partial charge is 0.371 e. The van der Waals surface area contributed by atoms with E-state index in [0.29, 0.717) is 0 Å². The number of hydrogen-bond acceptors (Lipinski definition) is 4. The van der Waals surface area contributed by atoms with Gasteiger partial charge in [-0.25, -0.2) is 0 Å². The van der Waals surface area contributed by atoms with Crippen LogP contribution in [0.1, 0.15) is 39.5 Å². The SMILES string of the molecule is CCSC(=S)NCCCCCCNC(=S)SCC. The predicted octanol–water partition coefficient (Wildman–Crippen LogP) is 3.80. The molecule has 0 aromatic carbocycles. The standard InChI is InChI=1S/C12H24N2S4/c1-3-17-11(15)13-9-7-5-6-8-10-14-12(16)18-4-2/h3-10H2,1-2H3,(H,13,15)(H,14,16). The molecule has 0 saturated carbocycles. The van der Waals surface area contributed by atoms with Crippen molar-refractivity contribution in [1.29, 1.82) is 0 Å². The summed E-state index contributed by atoms with van der Waals surface area (Å²) in [4.78, 5) is 0. The highest BCUT2D eigenvalue weighted by atomic mass is 32.2. The third kappa shape index (κ3) is 12.9. The number of unbranched alkanes of at least 4 members (excludes halogenated alkanes) is 3. The van der Waals surface area contributed by atoms with Gasteiger partial charge in [-0.3, -0.25) is 0 Å². The molecule has 0 atom stereocenters. The van der Waals surface area contributed by atoms with Gasteiger partial charge in [0.25, 0.3) is 0 Å². The molecule has 0 aliphatic heterocycles. The third-order valence-corrected chi connectivity index (χ3v) is 4.58. The van der Waals surface area contributed by atoms with Crippen molar-refractivity contribution in [3.63, 3.8) is 0 Å². The van der Waals surface area contributed by atoms with E-state index in [0.717, 1.165) is 33.2 Å². The van der Waals surface area contributed by atoms with Gasteiger partial charge in [0.05, 0.1) is 0 Å². The number of thiocarbonyl (C=S) groups is 2. The second kappa shape index (κ2) is 13.9. The lowest BCUT2D eigenvalue weighted by molar-refractivity contribution is 0.628. The van der Waals surface area contributed by atoms with Crippen LogP contribution in [0, 0.1) is 0 Å². The minimum absolute atomic E-state index is 0.932. The Hall–Kier alpha value is 0.480. The zero-order chi connectivity index (χ0) is 13.6. The van der Waals surface area contributed by atoms with Crippen molar-refractivity contribution >= 4 is 56.6 Å². The Morgan fingerprint density at radius 1 is 0.778 bits per heavy atom. The van der Waals surface area contributed by atoms with Crippen molar-refractivity contribution < 1.29 is 0 Å². The lowest BCUT2D eigenvalue weighted by atomic mass is 10.2. The molecule has 0 fully saturated rings. The first-order valence-electron chi connectivity index (χ1n) is 6.52. The van der Waals surface area contributed by atoms with Crippen molar-refractivity contribution in [1.82, 2.24) is 10.6 Å². The van der Waals surface area contributed by atoms with Crippen LogP contribution < -0.4 is 10.6 Å². The maximum Gasteiger partial charge on any atom is 0.133 e. The molecule has 0 aliphatic rings. The fourth-order valence-electron chi connectivity index (χ4n) is 1.35. The van der Waals surface area contributed by atoms with Crippen molar-refractivity contribution in [3.05, 3.63) is 0 Å². The van der Waals surface area contributed by atoms with E-state index < -0.39 is 0 Å². The maximum atomic E-state index is 5.15. The molecule has 2 nitrogen and oxygen atoms in total. The minimum Gasteiger partial charge on any atom is -0.371 e. The zero-order valence-corrected chi connectivity index (χ0v) is 14.6. The molecule has 0 aliphatic carbocycles. The highest BCUT2D eigenvalue weighted by Gasteiger charge is 1.96. The van der Waals surface area contributed by atoms with Gasteiger partial charge < -0.3 is 10.6 Å². The number of thioether (sulfide) groups is 2. The summed E-state index contributed by atoms with van der Waals surface area (Å²) in [7, 11) is 0. The average molecular weight is 325 g/mol. The molecule has 0 bridgehead atoms. The Labute approximate surface area is 131 Å². The van der Waals surface area contributed by atoms with Crippen LogP contribution in [0.5, 0.6) is 0 Å². The van der Waals surface area contributed by atoms with Crippen molar-refractivity contribution in [2.24, 2.45) is 0 Å². The first-order chi connectivity index (χ1) is 8.70. The molecule has 0 heterocycles. The summed E-state index contributed by atoms with van der Waals surface area (Å²) in [5.74, 6) is 2.10. The molecule has 0 unspecified atom stereocenters. The van der Waals surface area contributed by atoms with E-state index in [9.17, 15) is 0 Å². The van der Waals surface area contributed by atoms with Gasteiger partial charge in [-0.05, 0) is 24.3 Å². The smallest absolute Gasteiger partial charge is 0.133 e. The molecule has 0 saturated heterocycles. The summed E-state index contributed by atoms with van der Waals surface area (Å²) in [5, 5.41) is 6.53. The van der Waals surface area contributed by atoms with Gasteiger partial charge >= 0.3 is 0 Å². The molecule has 0 amide bonds. The van der Waals surface area contributed by atoms with E-state index >= 15 is 0 Å². The first-order valence-corrected chi connectivity index (χ1v) is 9.30. The average Bonchev–Trinajstić information content (AvgIpc) is 2.33. The summed E-state index contributed by atoms with van der Waals surface area (Å²) in [6.45, 7) is 6.24. The Morgan fingerprint density at radius 3 is 1.50 bits per heavy atom. The fraction of sp³-hybridized carbons (Fsp3) is 0.833. The van der Waals surface area contributed by atoms with Crippen molar-refractivity contribution in [3.8, 4) is 0 Å². The van der Waals surface area contributed by atoms with Crippen LogP contribution >= 0.6 is 48.0 Å². The minimum atomic E-state index is 0.932.